The zero-order chi connectivity index (χ0) is 23.5. The van der Waals surface area contributed by atoms with Crippen molar-refractivity contribution < 1.29 is 17.2 Å². The first-order chi connectivity index (χ1) is 15.1. The molecule has 32 heavy (non-hydrogen) atoms. The van der Waals surface area contributed by atoms with Crippen LogP contribution in [-0.4, -0.2) is 40.6 Å². The highest BCUT2D eigenvalue weighted by Gasteiger charge is 2.30. The monoisotopic (exact) mass is 521 g/mol. The van der Waals surface area contributed by atoms with Crippen molar-refractivity contribution in [3.8, 4) is 0 Å². The van der Waals surface area contributed by atoms with Gasteiger partial charge in [-0.05, 0) is 31.3 Å². The molecule has 7 nitrogen and oxygen atoms in total. The molecule has 0 aliphatic carbocycles. The predicted octanol–water partition coefficient (Wildman–Crippen LogP) is 4.82. The Morgan fingerprint density at radius 2 is 1.94 bits per heavy atom. The van der Waals surface area contributed by atoms with E-state index in [-0.39, 0.29) is 15.8 Å². The average molecular weight is 522 g/mol. The Hall–Kier alpha value is -2.18. The van der Waals surface area contributed by atoms with Gasteiger partial charge in [-0.25, -0.2) is 13.8 Å². The van der Waals surface area contributed by atoms with Crippen LogP contribution in [-0.2, 0) is 10.0 Å². The Labute approximate surface area is 198 Å². The van der Waals surface area contributed by atoms with E-state index in [0.29, 0.717) is 28.3 Å². The van der Waals surface area contributed by atoms with Gasteiger partial charge in [0.25, 0.3) is 10.0 Å². The smallest absolute Gasteiger partial charge is 0.283 e. The molecule has 0 fully saturated rings. The lowest BCUT2D eigenvalue weighted by Crippen LogP contribution is -2.27. The lowest BCUT2D eigenvalue weighted by atomic mass is 10.2. The van der Waals surface area contributed by atoms with E-state index < -0.39 is 26.6 Å². The van der Waals surface area contributed by atoms with Crippen molar-refractivity contribution in [1.82, 2.24) is 10.3 Å². The lowest BCUT2D eigenvalue weighted by molar-refractivity contribution is 0.568. The molecule has 0 unspecified atom stereocenters. The number of sulfonamides is 1. The molecular weight excluding hydrogens is 503 g/mol. The SMILES string of the molecule is CNCCN(C)c1cc(F)ccc1Nc1cc(F)c(S(=O)(=O)N(Cl)c2nccs2)cc1Cl. The van der Waals surface area contributed by atoms with Crippen LogP contribution < -0.4 is 19.4 Å². The third-order valence-corrected chi connectivity index (χ3v) is 7.87. The Kier molecular flexibility index (Phi) is 7.78. The Bertz CT molecular complexity index is 1200. The van der Waals surface area contributed by atoms with Crippen molar-refractivity contribution in [3.63, 3.8) is 0 Å². The van der Waals surface area contributed by atoms with Crippen LogP contribution in [0.2, 0.25) is 5.02 Å². The Morgan fingerprint density at radius 3 is 2.59 bits per heavy atom. The number of halogens is 4. The second kappa shape index (κ2) is 10.2. The maximum absolute atomic E-state index is 14.9. The average Bonchev–Trinajstić information content (AvgIpc) is 3.29. The fraction of sp³-hybridized carbons (Fsp3) is 0.211. The lowest BCUT2D eigenvalue weighted by Gasteiger charge is -2.23. The maximum Gasteiger partial charge on any atom is 0.283 e. The van der Waals surface area contributed by atoms with Crippen LogP contribution in [0, 0.1) is 11.6 Å². The molecule has 0 aliphatic heterocycles. The first kappa shape index (κ1) is 24.5. The van der Waals surface area contributed by atoms with Gasteiger partial charge in [0.2, 0.25) is 5.13 Å². The van der Waals surface area contributed by atoms with Crippen molar-refractivity contribution in [1.29, 1.82) is 0 Å². The van der Waals surface area contributed by atoms with Gasteiger partial charge in [0.15, 0.2) is 0 Å². The summed E-state index contributed by atoms with van der Waals surface area (Å²) in [4.78, 5) is 4.92. The zero-order valence-corrected chi connectivity index (χ0v) is 20.1. The number of rotatable bonds is 9. The van der Waals surface area contributed by atoms with E-state index in [4.69, 9.17) is 23.4 Å². The normalized spacial score (nSPS) is 11.4. The highest BCUT2D eigenvalue weighted by molar-refractivity contribution is 7.94. The van der Waals surface area contributed by atoms with E-state index in [0.717, 1.165) is 23.5 Å². The van der Waals surface area contributed by atoms with E-state index in [9.17, 15) is 17.2 Å². The molecule has 1 heterocycles. The summed E-state index contributed by atoms with van der Waals surface area (Å²) in [6, 6.07) is 5.98. The van der Waals surface area contributed by atoms with Gasteiger partial charge in [0.1, 0.15) is 16.5 Å². The number of hydrogen-bond acceptors (Lipinski definition) is 7. The molecule has 0 saturated carbocycles. The molecule has 2 aromatic carbocycles. The van der Waals surface area contributed by atoms with Crippen LogP contribution in [0.4, 0.5) is 31.0 Å². The van der Waals surface area contributed by atoms with Gasteiger partial charge in [-0.2, -0.15) is 8.42 Å². The van der Waals surface area contributed by atoms with E-state index in [1.165, 1.54) is 29.8 Å². The van der Waals surface area contributed by atoms with E-state index >= 15 is 0 Å². The molecule has 0 spiro atoms. The second-order valence-electron chi connectivity index (χ2n) is 6.61. The summed E-state index contributed by atoms with van der Waals surface area (Å²) in [5.41, 5.74) is 1.08. The molecule has 172 valence electrons. The van der Waals surface area contributed by atoms with Crippen LogP contribution in [0.5, 0.6) is 0 Å². The maximum atomic E-state index is 14.9. The van der Waals surface area contributed by atoms with Crippen molar-refractivity contribution in [3.05, 3.63) is 58.6 Å². The summed E-state index contributed by atoms with van der Waals surface area (Å²) in [7, 11) is -0.868. The molecule has 0 bridgehead atoms. The molecular formula is C19H19Cl2F2N5O2S2. The molecule has 2 N–H and O–H groups in total. The van der Waals surface area contributed by atoms with Crippen molar-refractivity contribution in [2.45, 2.75) is 4.90 Å². The summed E-state index contributed by atoms with van der Waals surface area (Å²) in [5.74, 6) is -1.50. The minimum Gasteiger partial charge on any atom is -0.372 e. The molecule has 1 aromatic heterocycles. The molecule has 0 amide bonds. The summed E-state index contributed by atoms with van der Waals surface area (Å²) < 4.78 is 54.6. The van der Waals surface area contributed by atoms with E-state index in [2.05, 4.69) is 15.6 Å². The first-order valence-corrected chi connectivity index (χ1v) is 12.2. The highest BCUT2D eigenvalue weighted by Crippen LogP contribution is 2.36. The number of likely N-dealkylation sites (N-methyl/N-ethyl adjacent to an activating group) is 2. The van der Waals surface area contributed by atoms with Crippen molar-refractivity contribution in [2.24, 2.45) is 0 Å². The molecule has 0 aliphatic rings. The minimum absolute atomic E-state index is 0.0371. The Morgan fingerprint density at radius 1 is 1.19 bits per heavy atom. The molecule has 3 aromatic rings. The summed E-state index contributed by atoms with van der Waals surface area (Å²) in [6.45, 7) is 1.23. The highest BCUT2D eigenvalue weighted by atomic mass is 35.5. The van der Waals surface area contributed by atoms with Gasteiger partial charge >= 0.3 is 0 Å². The van der Waals surface area contributed by atoms with Gasteiger partial charge in [0.05, 0.1) is 22.1 Å². The van der Waals surface area contributed by atoms with Gasteiger partial charge in [-0.15, -0.1) is 15.2 Å². The number of anilines is 4. The van der Waals surface area contributed by atoms with Gasteiger partial charge in [0, 0.05) is 49.6 Å². The summed E-state index contributed by atoms with van der Waals surface area (Å²) in [6.07, 6.45) is 1.37. The number of aromatic nitrogens is 1. The van der Waals surface area contributed by atoms with Crippen LogP contribution in [0.1, 0.15) is 0 Å². The topological polar surface area (TPSA) is 77.6 Å². The minimum atomic E-state index is -4.45. The molecule has 0 radical (unpaired) electrons. The second-order valence-corrected chi connectivity index (χ2v) is 10.2. The zero-order valence-electron chi connectivity index (χ0n) is 16.9. The van der Waals surface area contributed by atoms with Crippen LogP contribution in [0.3, 0.4) is 0 Å². The fourth-order valence-electron chi connectivity index (χ4n) is 2.79. The number of nitrogens with zero attached hydrogens (tertiary/aromatic N) is 3. The molecule has 13 heteroatoms. The fourth-order valence-corrected chi connectivity index (χ4v) is 5.32. The third kappa shape index (κ3) is 5.24. The van der Waals surface area contributed by atoms with E-state index in [1.54, 1.807) is 14.1 Å². The largest absolute Gasteiger partial charge is 0.372 e. The van der Waals surface area contributed by atoms with Crippen molar-refractivity contribution in [2.75, 3.05) is 41.2 Å². The standard InChI is InChI=1S/C19H19Cl2F2N5O2S2/c1-24-5-7-27(2)17-9-12(22)3-4-15(17)26-16-11-14(23)18(10-13(16)20)32(29,30)28(21)19-25-6-8-31-19/h3-4,6,8-11,24,26H,5,7H2,1-2H3. The molecule has 0 saturated heterocycles. The Balaban J connectivity index is 1.95. The summed E-state index contributed by atoms with van der Waals surface area (Å²) >= 11 is 13.1. The number of hydrogen-bond donors (Lipinski definition) is 2. The third-order valence-electron chi connectivity index (χ3n) is 4.42. The van der Waals surface area contributed by atoms with E-state index in [1.807, 2.05) is 4.90 Å². The number of benzene rings is 2. The first-order valence-electron chi connectivity index (χ1n) is 9.17. The number of nitrogens with one attached hydrogen (secondary N) is 2. The predicted molar refractivity (Wildman–Crippen MR) is 126 cm³/mol. The quantitative estimate of drug-likeness (QED) is 0.393. The van der Waals surface area contributed by atoms with Gasteiger partial charge in [-0.3, -0.25) is 0 Å². The van der Waals surface area contributed by atoms with Crippen molar-refractivity contribution >= 4 is 66.9 Å². The van der Waals surface area contributed by atoms with Crippen LogP contribution in [0.15, 0.2) is 46.8 Å². The molecule has 3 rings (SSSR count). The summed E-state index contributed by atoms with van der Waals surface area (Å²) in [5, 5.41) is 7.38. The molecule has 0 atom stereocenters. The number of thiazole rings is 1. The van der Waals surface area contributed by atoms with Gasteiger partial charge < -0.3 is 15.5 Å². The van der Waals surface area contributed by atoms with Gasteiger partial charge in [-0.1, -0.05) is 11.6 Å². The van der Waals surface area contributed by atoms with Crippen LogP contribution >= 0.6 is 34.7 Å². The van der Waals surface area contributed by atoms with Crippen LogP contribution in [0.25, 0.3) is 0 Å².